The quantitative estimate of drug-likeness (QED) is 0.0377. The summed E-state index contributed by atoms with van der Waals surface area (Å²) < 4.78 is 41.7. The van der Waals surface area contributed by atoms with Gasteiger partial charge >= 0.3 is 5.69 Å². The van der Waals surface area contributed by atoms with Crippen molar-refractivity contribution in [3.63, 3.8) is 0 Å². The summed E-state index contributed by atoms with van der Waals surface area (Å²) in [6.45, 7) is 3.85. The van der Waals surface area contributed by atoms with Crippen LogP contribution in [0.4, 0.5) is 27.3 Å². The third kappa shape index (κ3) is 16.8. The topological polar surface area (TPSA) is 598 Å². The van der Waals surface area contributed by atoms with Crippen molar-refractivity contribution >= 4 is 80.0 Å². The summed E-state index contributed by atoms with van der Waals surface area (Å²) >= 11 is 0. The van der Waals surface area contributed by atoms with Crippen LogP contribution in [-0.2, 0) is 28.5 Å². The van der Waals surface area contributed by atoms with Crippen molar-refractivity contribution in [3.8, 4) is 0 Å². The fourth-order valence-electron chi connectivity index (χ4n) is 12.1. The van der Waals surface area contributed by atoms with Gasteiger partial charge in [0, 0.05) is 35.9 Å². The number of benzene rings is 2. The molecule has 0 saturated carbocycles. The molecule has 9 aromatic rings. The van der Waals surface area contributed by atoms with E-state index in [0.29, 0.717) is 62.5 Å². The smallest absolute Gasteiger partial charge is 0.351 e. The molecular weight excluding hydrogens is 1380 g/mol. The van der Waals surface area contributed by atoms with Crippen molar-refractivity contribution in [2.24, 2.45) is 17.4 Å². The van der Waals surface area contributed by atoms with E-state index < -0.39 is 166 Å². The normalized spacial score (nSPS) is 26.0. The van der Waals surface area contributed by atoms with Crippen LogP contribution in [0.2, 0.25) is 0 Å². The summed E-state index contributed by atoms with van der Waals surface area (Å²) in [7, 11) is 0. The van der Waals surface area contributed by atoms with E-state index in [0.717, 1.165) is 11.0 Å². The summed E-state index contributed by atoms with van der Waals surface area (Å²) in [5, 5.41) is 90.5. The second kappa shape index (κ2) is 34.0. The number of carbonyl (C=O) groups is 4. The lowest BCUT2D eigenvalue weighted by Gasteiger charge is -2.25. The number of nitrogen functional groups attached to an aromatic ring is 4. The molecule has 13 rings (SSSR count). The van der Waals surface area contributed by atoms with Crippen molar-refractivity contribution in [2.75, 3.05) is 49.4 Å². The molecule has 0 aliphatic carbocycles. The number of rotatable bonds is 19. The Morgan fingerprint density at radius 3 is 1.23 bits per heavy atom. The number of halogens is 1. The van der Waals surface area contributed by atoms with Gasteiger partial charge in [0.05, 0.1) is 74.6 Å². The lowest BCUT2D eigenvalue weighted by atomic mass is 10.0. The number of imidazole rings is 3. The minimum Gasteiger partial charge on any atom is -0.397 e. The first-order chi connectivity index (χ1) is 50.3. The van der Waals surface area contributed by atoms with Crippen LogP contribution in [0.3, 0.4) is 0 Å². The number of aromatic nitrogens is 11. The van der Waals surface area contributed by atoms with Crippen LogP contribution >= 0.6 is 0 Å². The van der Waals surface area contributed by atoms with E-state index in [1.54, 1.807) is 62.4 Å². The predicted molar refractivity (Wildman–Crippen MR) is 372 cm³/mol. The molecule has 4 fully saturated rings. The number of nitrogens with zero attached hydrogens (tertiary/aromatic N) is 11. The number of carbonyl (C=O) groups excluding carboxylic acids is 4. The van der Waals surface area contributed by atoms with Crippen molar-refractivity contribution < 1.29 is 83.4 Å². The molecule has 4 amide bonds. The molecule has 11 heterocycles. The van der Waals surface area contributed by atoms with Gasteiger partial charge in [-0.15, -0.1) is 0 Å². The molecule has 4 aliphatic rings. The van der Waals surface area contributed by atoms with Crippen LogP contribution in [-0.4, -0.2) is 229 Å². The Morgan fingerprint density at radius 1 is 0.505 bits per heavy atom. The fraction of sp³-hybridized carbons (Fsp3) is 0.424. The summed E-state index contributed by atoms with van der Waals surface area (Å²) in [6.07, 6.45) is -0.155. The van der Waals surface area contributed by atoms with Gasteiger partial charge < -0.3 is 115 Å². The van der Waals surface area contributed by atoms with Crippen LogP contribution in [0.5, 0.6) is 0 Å². The molecule has 0 spiro atoms. The van der Waals surface area contributed by atoms with Crippen LogP contribution in [0.1, 0.15) is 79.2 Å². The Labute approximate surface area is 596 Å². The highest BCUT2D eigenvalue weighted by molar-refractivity contribution is 5.95. The van der Waals surface area contributed by atoms with Crippen molar-refractivity contribution in [3.05, 3.63) is 150 Å². The molecule has 18 atom stereocenters. The maximum absolute atomic E-state index is 13.1. The Hall–Kier alpha value is -10.4. The summed E-state index contributed by atoms with van der Waals surface area (Å²) in [6, 6.07) is 14.9. The fourth-order valence-corrected chi connectivity index (χ4v) is 12.1. The number of fused-ring (bicyclic) bond motifs is 3. The summed E-state index contributed by atoms with van der Waals surface area (Å²) in [5.74, 6) is -2.25. The van der Waals surface area contributed by atoms with Gasteiger partial charge in [-0.2, -0.15) is 4.98 Å². The van der Waals surface area contributed by atoms with Crippen LogP contribution in [0.15, 0.2) is 127 Å². The Balaban J connectivity index is 0.000000150. The molecule has 0 bridgehead atoms. The number of amides is 4. The van der Waals surface area contributed by atoms with Gasteiger partial charge in [-0.25, -0.2) is 39.1 Å². The van der Waals surface area contributed by atoms with Gasteiger partial charge in [-0.3, -0.25) is 37.4 Å². The van der Waals surface area contributed by atoms with E-state index in [4.69, 9.17) is 53.3 Å². The molecule has 105 heavy (non-hydrogen) atoms. The van der Waals surface area contributed by atoms with E-state index in [-0.39, 0.29) is 23.2 Å². The number of nitrogens with two attached hydrogens (primary N) is 6. The average molecular weight is 1460 g/mol. The van der Waals surface area contributed by atoms with Gasteiger partial charge in [0.25, 0.3) is 11.8 Å². The van der Waals surface area contributed by atoms with Gasteiger partial charge in [0.15, 0.2) is 41.9 Å². The molecule has 4 saturated heterocycles. The van der Waals surface area contributed by atoms with E-state index in [1.807, 2.05) is 26.8 Å². The first-order valence-corrected chi connectivity index (χ1v) is 33.2. The SMILES string of the molecule is CC(C)C(N)C(=O)N[C@H]1C(O)[C@@H](CO)O[C@H]1n1cnc2c(N)ccnc21.CCCC(N)C(=O)N[C@H]1C(O)[C@@H](CO)O[C@H]1n1ccc(N)nc1=O.Nc1ccnc2c1ncn2[C@@H]1O[C@H](CO)C(O)[C@@H]1NC(=O)c1ccc(F)cc1.Nc1ccnc2c1ncn2[C@@H]1O[C@H](CO)C(O)[C@@H]1NC(=O)c1ccccc1. The molecule has 24 N–H and O–H groups in total. The zero-order chi connectivity index (χ0) is 75.7. The van der Waals surface area contributed by atoms with Gasteiger partial charge in [0.2, 0.25) is 11.8 Å². The molecule has 7 aromatic heterocycles. The minimum atomic E-state index is -1.21. The Kier molecular flexibility index (Phi) is 25.0. The Morgan fingerprint density at radius 2 is 0.867 bits per heavy atom. The zero-order valence-electron chi connectivity index (χ0n) is 56.8. The second-order valence-corrected chi connectivity index (χ2v) is 25.3. The second-order valence-electron chi connectivity index (χ2n) is 25.3. The third-order valence-electron chi connectivity index (χ3n) is 17.9. The predicted octanol–water partition coefficient (Wildman–Crippen LogP) is -3.32. The molecule has 39 heteroatoms. The van der Waals surface area contributed by atoms with Gasteiger partial charge in [0.1, 0.15) is 101 Å². The summed E-state index contributed by atoms with van der Waals surface area (Å²) in [4.78, 5) is 90.8. The van der Waals surface area contributed by atoms with E-state index >= 15 is 0 Å². The molecule has 4 aliphatic heterocycles. The number of anilines is 4. The molecule has 2 aromatic carbocycles. The minimum absolute atomic E-state index is 0.0408. The highest BCUT2D eigenvalue weighted by Crippen LogP contribution is 2.36. The van der Waals surface area contributed by atoms with Crippen molar-refractivity contribution in [1.29, 1.82) is 0 Å². The average Bonchev–Trinajstić information content (AvgIpc) is 1.65. The first-order valence-electron chi connectivity index (χ1n) is 33.2. The first kappa shape index (κ1) is 77.2. The number of hydrogen-bond donors (Lipinski definition) is 18. The van der Waals surface area contributed by atoms with E-state index in [2.05, 4.69) is 56.2 Å². The lowest BCUT2D eigenvalue weighted by Crippen LogP contribution is -2.53. The molecule has 562 valence electrons. The number of aliphatic hydroxyl groups excluding tert-OH is 8. The number of pyridine rings is 3. The zero-order valence-corrected chi connectivity index (χ0v) is 56.8. The number of aliphatic hydroxyl groups is 8. The molecular formula is C66H84FN21O17. The van der Waals surface area contributed by atoms with E-state index in [9.17, 15) is 69.2 Å². The molecule has 6 unspecified atom stereocenters. The lowest BCUT2D eigenvalue weighted by molar-refractivity contribution is -0.125. The van der Waals surface area contributed by atoms with Crippen LogP contribution < -0.4 is 61.4 Å². The molecule has 0 radical (unpaired) electrons. The molecule has 38 nitrogen and oxygen atoms in total. The van der Waals surface area contributed by atoms with Crippen LogP contribution in [0.25, 0.3) is 33.5 Å². The maximum Gasteiger partial charge on any atom is 0.351 e. The van der Waals surface area contributed by atoms with Crippen LogP contribution in [0, 0.1) is 11.7 Å². The highest BCUT2D eigenvalue weighted by atomic mass is 19.1. The van der Waals surface area contributed by atoms with Crippen molar-refractivity contribution in [2.45, 2.75) is 144 Å². The number of nitrogens with one attached hydrogen (secondary N) is 4. The number of hydrogen-bond acceptors (Lipinski definition) is 30. The van der Waals surface area contributed by atoms with E-state index in [1.165, 1.54) is 67.9 Å². The number of ether oxygens (including phenoxy) is 4. The Bertz CT molecular complexity index is 4520. The summed E-state index contributed by atoms with van der Waals surface area (Å²) in [5.41, 5.74) is 38.9. The van der Waals surface area contributed by atoms with Gasteiger partial charge in [-0.05, 0) is 73.0 Å². The largest absolute Gasteiger partial charge is 0.397 e. The van der Waals surface area contributed by atoms with Gasteiger partial charge in [-0.1, -0.05) is 45.4 Å². The third-order valence-corrected chi connectivity index (χ3v) is 17.9. The van der Waals surface area contributed by atoms with Crippen molar-refractivity contribution in [1.82, 2.24) is 74.4 Å². The monoisotopic (exact) mass is 1460 g/mol. The highest BCUT2D eigenvalue weighted by Gasteiger charge is 2.50. The maximum atomic E-state index is 13.1. The standard InChI is InChI=1S/C18H18FN5O4.C18H19N5O4.C16H24N6O4.C14H23N5O5/c19-10-3-1-9(2-4-10)17(27)23-14-15(26)12(7-25)28-18(14)24-8-22-13-11(20)5-6-21-16(13)24;19-11-6-7-20-16-13(11)21-9-23(16)18-14(15(25)12(8-24)27-18)22-17(26)10-4-2-1-3-5-10;1-7(2)10(18)15(25)21-12-13(24)9(5-23)26-16(12)22-6-20-11-8(17)3-4-19-14(11)22;1-2-3-7(15)12(22)18-10-11(21)8(6-20)24-13(10)19-5-4-9(16)17-14(19)23/h1-6,8,12,14-15,18,25-26H,7H2,(H2,20,21)(H,23,27);1-7,9,12,14-15,18,24-25H,8H2,(H2,19,20)(H,22,26);3-4,6-7,9-10,12-13,16,23-24H,5,18H2,1-2H3,(H2,17,19)(H,21,25);4-5,7-8,10-11,13,20-21H,2-3,6,15H2,1H3,(H,18,22)(H2,16,17,23)/t2*12-,14+,15?,18-;9-,10?,12+,13?,16-;7?,8-,10+,11?,13-/m1111/s1.